The van der Waals surface area contributed by atoms with E-state index in [-0.39, 0.29) is 0 Å². The van der Waals surface area contributed by atoms with E-state index in [9.17, 15) is 9.90 Å². The Bertz CT molecular complexity index is 472. The van der Waals surface area contributed by atoms with Crippen molar-refractivity contribution in [2.24, 2.45) is 0 Å². The molecule has 1 aromatic rings. The number of hydrogen-bond donors (Lipinski definition) is 1. The van der Waals surface area contributed by atoms with Crippen LogP contribution >= 0.6 is 0 Å². The molecule has 1 heterocycles. The van der Waals surface area contributed by atoms with Gasteiger partial charge in [-0.25, -0.2) is 4.79 Å². The summed E-state index contributed by atoms with van der Waals surface area (Å²) in [5.74, 6) is 0. The van der Waals surface area contributed by atoms with Gasteiger partial charge in [0.1, 0.15) is 0 Å². The van der Waals surface area contributed by atoms with Crippen molar-refractivity contribution in [1.29, 1.82) is 0 Å². The summed E-state index contributed by atoms with van der Waals surface area (Å²) in [5, 5.41) is 10.7. The lowest BCUT2D eigenvalue weighted by atomic mass is 9.87. The molecule has 1 amide bonds. The van der Waals surface area contributed by atoms with E-state index in [0.29, 0.717) is 13.0 Å². The average molecular weight is 277 g/mol. The number of aryl methyl sites for hydroxylation is 1. The van der Waals surface area contributed by atoms with Gasteiger partial charge in [0.15, 0.2) is 11.3 Å². The number of cyclic esters (lactones) is 1. The lowest BCUT2D eigenvalue weighted by Gasteiger charge is -2.37. The number of carbonyl (C=O) groups excluding carboxylic acids is 1. The smallest absolute Gasteiger partial charge is 0.412 e. The second-order valence-electron chi connectivity index (χ2n) is 5.76. The van der Waals surface area contributed by atoms with Crippen molar-refractivity contribution in [3.63, 3.8) is 0 Å². The summed E-state index contributed by atoms with van der Waals surface area (Å²) < 4.78 is 5.49. The van der Waals surface area contributed by atoms with Crippen LogP contribution in [0.5, 0.6) is 0 Å². The summed E-state index contributed by atoms with van der Waals surface area (Å²) in [7, 11) is 0. The standard InChI is InChI=1S/C16H23NO3/c1-4-12-17-14(18)20-15(2,16(17,3)19)11-10-13-8-6-5-7-9-13/h5-9,19H,4,10-12H2,1-3H3/t15-,16+/m0/s1. The van der Waals surface area contributed by atoms with Crippen molar-refractivity contribution in [3.05, 3.63) is 35.9 Å². The van der Waals surface area contributed by atoms with Gasteiger partial charge in [-0.1, -0.05) is 37.3 Å². The predicted molar refractivity (Wildman–Crippen MR) is 77.3 cm³/mol. The molecule has 0 saturated carbocycles. The van der Waals surface area contributed by atoms with Crippen LogP contribution in [0.1, 0.15) is 39.2 Å². The van der Waals surface area contributed by atoms with Gasteiger partial charge in [-0.05, 0) is 38.7 Å². The van der Waals surface area contributed by atoms with Crippen LogP contribution in [0.15, 0.2) is 30.3 Å². The first-order valence-electron chi connectivity index (χ1n) is 7.17. The van der Waals surface area contributed by atoms with Gasteiger partial charge in [-0.3, -0.25) is 4.90 Å². The zero-order chi connectivity index (χ0) is 14.8. The Labute approximate surface area is 120 Å². The number of hydrogen-bond acceptors (Lipinski definition) is 3. The van der Waals surface area contributed by atoms with Crippen LogP contribution in [0.25, 0.3) is 0 Å². The fourth-order valence-corrected chi connectivity index (χ4v) is 2.66. The van der Waals surface area contributed by atoms with Gasteiger partial charge in [0.05, 0.1) is 0 Å². The van der Waals surface area contributed by atoms with Crippen LogP contribution in [0, 0.1) is 0 Å². The maximum absolute atomic E-state index is 12.0. The highest BCUT2D eigenvalue weighted by molar-refractivity contribution is 5.72. The highest BCUT2D eigenvalue weighted by Crippen LogP contribution is 2.40. The maximum atomic E-state index is 12.0. The minimum atomic E-state index is -1.27. The molecule has 0 aliphatic carbocycles. The molecule has 2 rings (SSSR count). The molecule has 1 aliphatic rings. The fourth-order valence-electron chi connectivity index (χ4n) is 2.66. The Morgan fingerprint density at radius 2 is 1.90 bits per heavy atom. The van der Waals surface area contributed by atoms with Gasteiger partial charge in [-0.15, -0.1) is 0 Å². The average Bonchev–Trinajstić information content (AvgIpc) is 2.58. The third kappa shape index (κ3) is 2.52. The van der Waals surface area contributed by atoms with Crippen molar-refractivity contribution in [2.75, 3.05) is 6.54 Å². The number of benzene rings is 1. The number of aliphatic hydroxyl groups is 1. The Kier molecular flexibility index (Phi) is 4.04. The first-order chi connectivity index (χ1) is 9.40. The van der Waals surface area contributed by atoms with E-state index in [0.717, 1.165) is 12.8 Å². The summed E-state index contributed by atoms with van der Waals surface area (Å²) in [4.78, 5) is 13.4. The zero-order valence-corrected chi connectivity index (χ0v) is 12.4. The van der Waals surface area contributed by atoms with Gasteiger partial charge in [0.25, 0.3) is 0 Å². The second-order valence-corrected chi connectivity index (χ2v) is 5.76. The highest BCUT2D eigenvalue weighted by atomic mass is 16.6. The van der Waals surface area contributed by atoms with Crippen LogP contribution in [0.2, 0.25) is 0 Å². The summed E-state index contributed by atoms with van der Waals surface area (Å²) in [6.45, 7) is 5.96. The Morgan fingerprint density at radius 1 is 1.25 bits per heavy atom. The van der Waals surface area contributed by atoms with E-state index in [2.05, 4.69) is 0 Å². The van der Waals surface area contributed by atoms with Crippen LogP contribution < -0.4 is 0 Å². The lowest BCUT2D eigenvalue weighted by molar-refractivity contribution is -0.139. The van der Waals surface area contributed by atoms with Crippen LogP contribution in [0.3, 0.4) is 0 Å². The number of nitrogens with zero attached hydrogens (tertiary/aromatic N) is 1. The van der Waals surface area contributed by atoms with E-state index < -0.39 is 17.4 Å². The van der Waals surface area contributed by atoms with Gasteiger partial charge in [0, 0.05) is 6.54 Å². The zero-order valence-electron chi connectivity index (χ0n) is 12.4. The highest BCUT2D eigenvalue weighted by Gasteiger charge is 2.58. The molecule has 20 heavy (non-hydrogen) atoms. The van der Waals surface area contributed by atoms with E-state index >= 15 is 0 Å². The molecule has 0 unspecified atom stereocenters. The predicted octanol–water partition coefficient (Wildman–Crippen LogP) is 2.95. The Morgan fingerprint density at radius 3 is 2.50 bits per heavy atom. The first-order valence-corrected chi connectivity index (χ1v) is 7.17. The molecule has 110 valence electrons. The van der Waals surface area contributed by atoms with E-state index in [1.54, 1.807) is 6.92 Å². The first kappa shape index (κ1) is 14.9. The summed E-state index contributed by atoms with van der Waals surface area (Å²) in [6, 6.07) is 10.0. The van der Waals surface area contributed by atoms with Crippen molar-refractivity contribution >= 4 is 6.09 Å². The number of amides is 1. The Balaban J connectivity index is 2.11. The molecule has 0 aromatic heterocycles. The summed E-state index contributed by atoms with van der Waals surface area (Å²) >= 11 is 0. The second kappa shape index (κ2) is 5.44. The third-order valence-corrected chi connectivity index (χ3v) is 4.24. The van der Waals surface area contributed by atoms with Crippen molar-refractivity contribution < 1.29 is 14.6 Å². The molecular formula is C16H23NO3. The number of ether oxygens (including phenoxy) is 1. The topological polar surface area (TPSA) is 49.8 Å². The van der Waals surface area contributed by atoms with Gasteiger partial charge < -0.3 is 9.84 Å². The molecule has 4 heteroatoms. The van der Waals surface area contributed by atoms with E-state index in [1.165, 1.54) is 10.5 Å². The molecule has 0 radical (unpaired) electrons. The minimum absolute atomic E-state index is 0.424. The molecular weight excluding hydrogens is 254 g/mol. The minimum Gasteiger partial charge on any atom is -0.438 e. The molecule has 1 aliphatic heterocycles. The number of carbonyl (C=O) groups is 1. The molecule has 1 fully saturated rings. The molecule has 0 spiro atoms. The quantitative estimate of drug-likeness (QED) is 0.900. The molecule has 2 atom stereocenters. The molecule has 1 aromatic carbocycles. The van der Waals surface area contributed by atoms with Gasteiger partial charge in [0.2, 0.25) is 0 Å². The van der Waals surface area contributed by atoms with Gasteiger partial charge >= 0.3 is 6.09 Å². The maximum Gasteiger partial charge on any atom is 0.412 e. The van der Waals surface area contributed by atoms with Crippen LogP contribution in [-0.2, 0) is 11.2 Å². The number of rotatable bonds is 5. The van der Waals surface area contributed by atoms with Gasteiger partial charge in [-0.2, -0.15) is 0 Å². The van der Waals surface area contributed by atoms with Crippen molar-refractivity contribution in [2.45, 2.75) is 51.4 Å². The Hall–Kier alpha value is -1.55. The lowest BCUT2D eigenvalue weighted by Crippen LogP contribution is -2.55. The van der Waals surface area contributed by atoms with E-state index in [1.807, 2.05) is 44.2 Å². The van der Waals surface area contributed by atoms with Crippen molar-refractivity contribution in [3.8, 4) is 0 Å². The normalized spacial score (nSPS) is 29.6. The SMILES string of the molecule is CCCN1C(=O)O[C@@](C)(CCc2ccccc2)[C@@]1(C)O. The van der Waals surface area contributed by atoms with Crippen LogP contribution in [-0.4, -0.2) is 34.0 Å². The molecule has 1 saturated heterocycles. The van der Waals surface area contributed by atoms with Crippen molar-refractivity contribution in [1.82, 2.24) is 4.90 Å². The summed E-state index contributed by atoms with van der Waals surface area (Å²) in [6.07, 6.45) is 1.73. The molecule has 4 nitrogen and oxygen atoms in total. The van der Waals surface area contributed by atoms with Crippen LogP contribution in [0.4, 0.5) is 4.79 Å². The summed E-state index contributed by atoms with van der Waals surface area (Å²) in [5.41, 5.74) is -0.973. The monoisotopic (exact) mass is 277 g/mol. The molecule has 1 N–H and O–H groups in total. The third-order valence-electron chi connectivity index (χ3n) is 4.24. The fraction of sp³-hybridized carbons (Fsp3) is 0.562. The molecule has 0 bridgehead atoms. The largest absolute Gasteiger partial charge is 0.438 e. The van der Waals surface area contributed by atoms with E-state index in [4.69, 9.17) is 4.74 Å².